The molecule has 6 nitrogen and oxygen atoms in total. The zero-order chi connectivity index (χ0) is 23.4. The van der Waals surface area contributed by atoms with Crippen molar-refractivity contribution in [1.29, 1.82) is 0 Å². The van der Waals surface area contributed by atoms with Crippen LogP contribution in [0.4, 0.5) is 20.6 Å². The van der Waals surface area contributed by atoms with Gasteiger partial charge in [0.05, 0.1) is 11.3 Å². The van der Waals surface area contributed by atoms with E-state index in [9.17, 15) is 14.0 Å². The summed E-state index contributed by atoms with van der Waals surface area (Å²) >= 11 is 4.30. The first-order valence-corrected chi connectivity index (χ1v) is 10.7. The first-order valence-electron chi connectivity index (χ1n) is 10.3. The third-order valence-corrected chi connectivity index (χ3v) is 5.55. The largest absolute Gasteiger partial charge is 0.461 e. The summed E-state index contributed by atoms with van der Waals surface area (Å²) in [5.41, 5.74) is 2.51. The van der Waals surface area contributed by atoms with Crippen molar-refractivity contribution in [2.24, 2.45) is 0 Å². The van der Waals surface area contributed by atoms with Crippen molar-refractivity contribution < 1.29 is 18.4 Å². The molecular weight excluding hydrogens is 441 g/mol. The van der Waals surface area contributed by atoms with Gasteiger partial charge in [0.15, 0.2) is 0 Å². The number of anilines is 2. The molecule has 4 rings (SSSR count). The number of halogens is 1. The van der Waals surface area contributed by atoms with E-state index in [0.29, 0.717) is 29.9 Å². The van der Waals surface area contributed by atoms with E-state index in [1.807, 2.05) is 30.3 Å². The molecular formula is C25H22FN3O3S. The lowest BCUT2D eigenvalue weighted by molar-refractivity contribution is 0.102. The van der Waals surface area contributed by atoms with E-state index in [4.69, 9.17) is 4.42 Å². The van der Waals surface area contributed by atoms with Gasteiger partial charge >= 0.3 is 6.03 Å². The summed E-state index contributed by atoms with van der Waals surface area (Å²) in [5, 5.41) is 6.52. The molecule has 8 heteroatoms. The van der Waals surface area contributed by atoms with E-state index in [-0.39, 0.29) is 5.56 Å². The highest BCUT2D eigenvalue weighted by molar-refractivity contribution is 7.82. The van der Waals surface area contributed by atoms with E-state index in [1.54, 1.807) is 31.2 Å². The Morgan fingerprint density at radius 2 is 1.79 bits per heavy atom. The predicted octanol–water partition coefficient (Wildman–Crippen LogP) is 5.74. The van der Waals surface area contributed by atoms with E-state index < -0.39 is 17.8 Å². The number of carbonyl (C=O) groups excluding carboxylic acids is 2. The molecule has 0 bridgehead atoms. The number of para-hydroxylation sites is 1. The van der Waals surface area contributed by atoms with E-state index in [2.05, 4.69) is 23.4 Å². The number of fused-ring (bicyclic) bond motifs is 1. The highest BCUT2D eigenvalue weighted by Gasteiger charge is 2.15. The molecule has 0 atom stereocenters. The zero-order valence-electron chi connectivity index (χ0n) is 17.8. The number of rotatable bonds is 6. The predicted molar refractivity (Wildman–Crippen MR) is 130 cm³/mol. The molecule has 168 valence electrons. The number of carbonyl (C=O) groups is 2. The SMILES string of the molecule is Cc1cc(N(S)C(=O)NCCc2cc3ccccc3o2)ccc1NC(=O)c1ccccc1F. The molecule has 0 aliphatic carbocycles. The lowest BCUT2D eigenvalue weighted by Crippen LogP contribution is -2.35. The number of nitrogens with zero attached hydrogens (tertiary/aromatic N) is 1. The fourth-order valence-electron chi connectivity index (χ4n) is 3.40. The number of furan rings is 1. The van der Waals surface area contributed by atoms with Crippen LogP contribution in [-0.4, -0.2) is 18.5 Å². The van der Waals surface area contributed by atoms with Crippen LogP contribution in [0.3, 0.4) is 0 Å². The first kappa shape index (κ1) is 22.4. The van der Waals surface area contributed by atoms with E-state index in [1.165, 1.54) is 22.5 Å². The molecule has 0 saturated heterocycles. The Morgan fingerprint density at radius 3 is 2.55 bits per heavy atom. The molecule has 33 heavy (non-hydrogen) atoms. The van der Waals surface area contributed by atoms with Crippen LogP contribution in [0.5, 0.6) is 0 Å². The Labute approximate surface area is 195 Å². The smallest absolute Gasteiger partial charge is 0.331 e. The minimum atomic E-state index is -0.592. The van der Waals surface area contributed by atoms with Crippen molar-refractivity contribution in [3.05, 3.63) is 95.5 Å². The van der Waals surface area contributed by atoms with Crippen LogP contribution >= 0.6 is 12.8 Å². The summed E-state index contributed by atoms with van der Waals surface area (Å²) < 4.78 is 20.8. The molecule has 3 aromatic carbocycles. The fourth-order valence-corrected chi connectivity index (χ4v) is 3.59. The highest BCUT2D eigenvalue weighted by Crippen LogP contribution is 2.25. The van der Waals surface area contributed by atoms with Crippen molar-refractivity contribution in [3.63, 3.8) is 0 Å². The second kappa shape index (κ2) is 9.79. The maximum Gasteiger partial charge on any atom is 0.331 e. The molecule has 3 amide bonds. The van der Waals surface area contributed by atoms with Gasteiger partial charge in [-0.3, -0.25) is 4.79 Å². The molecule has 2 N–H and O–H groups in total. The van der Waals surface area contributed by atoms with Crippen molar-refractivity contribution in [2.75, 3.05) is 16.2 Å². The summed E-state index contributed by atoms with van der Waals surface area (Å²) in [6.07, 6.45) is 0.544. The molecule has 1 heterocycles. The third-order valence-electron chi connectivity index (χ3n) is 5.14. The fraction of sp³-hybridized carbons (Fsp3) is 0.120. The normalized spacial score (nSPS) is 10.8. The van der Waals surface area contributed by atoms with Crippen molar-refractivity contribution >= 4 is 47.1 Å². The van der Waals surface area contributed by atoms with Crippen molar-refractivity contribution in [3.8, 4) is 0 Å². The minimum absolute atomic E-state index is 0.0411. The van der Waals surface area contributed by atoms with Gasteiger partial charge in [-0.2, -0.15) is 0 Å². The summed E-state index contributed by atoms with van der Waals surface area (Å²) in [7, 11) is 0. The monoisotopic (exact) mass is 463 g/mol. The molecule has 0 unspecified atom stereocenters. The third kappa shape index (κ3) is 5.18. The molecule has 0 saturated carbocycles. The van der Waals surface area contributed by atoms with Gasteiger partial charge in [-0.05, 0) is 55.0 Å². The number of thiol groups is 1. The average molecular weight is 464 g/mol. The number of urea groups is 1. The summed E-state index contributed by atoms with van der Waals surface area (Å²) in [6.45, 7) is 2.16. The standard InChI is InChI=1S/C25H22FN3O3S/c1-16-14-18(10-11-22(16)28-24(30)20-7-3-4-8-21(20)26)29(33)25(31)27-13-12-19-15-17-6-2-5-9-23(17)32-19/h2-11,14-15,33H,12-13H2,1H3,(H,27,31)(H,28,30). The van der Waals surface area contributed by atoms with Gasteiger partial charge in [0.2, 0.25) is 0 Å². The lowest BCUT2D eigenvalue weighted by Gasteiger charge is -2.18. The Hall–Kier alpha value is -3.78. The molecule has 0 radical (unpaired) electrons. The Bertz CT molecular complexity index is 1290. The molecule has 1 aromatic heterocycles. The van der Waals surface area contributed by atoms with E-state index >= 15 is 0 Å². The van der Waals surface area contributed by atoms with Crippen LogP contribution in [-0.2, 0) is 6.42 Å². The first-order chi connectivity index (χ1) is 15.9. The number of benzene rings is 3. The van der Waals surface area contributed by atoms with Crippen molar-refractivity contribution in [2.45, 2.75) is 13.3 Å². The lowest BCUT2D eigenvalue weighted by atomic mass is 10.1. The number of hydrogen-bond acceptors (Lipinski definition) is 4. The quantitative estimate of drug-likeness (QED) is 0.320. The van der Waals surface area contributed by atoms with Gasteiger partial charge in [-0.15, -0.1) is 0 Å². The number of aryl methyl sites for hydroxylation is 1. The number of hydrogen-bond donors (Lipinski definition) is 3. The maximum absolute atomic E-state index is 13.8. The zero-order valence-corrected chi connectivity index (χ0v) is 18.7. The highest BCUT2D eigenvalue weighted by atomic mass is 32.1. The van der Waals surface area contributed by atoms with Gasteiger partial charge in [-0.1, -0.05) is 43.1 Å². The Morgan fingerprint density at radius 1 is 1.03 bits per heavy atom. The average Bonchev–Trinajstić information content (AvgIpc) is 3.23. The minimum Gasteiger partial charge on any atom is -0.461 e. The van der Waals surface area contributed by atoms with Gasteiger partial charge < -0.3 is 15.1 Å². The van der Waals surface area contributed by atoms with Crippen LogP contribution in [0.15, 0.2) is 77.2 Å². The van der Waals surface area contributed by atoms with Crippen LogP contribution in [0.25, 0.3) is 11.0 Å². The Kier molecular flexibility index (Phi) is 6.65. The second-order valence-corrected chi connectivity index (χ2v) is 7.88. The summed E-state index contributed by atoms with van der Waals surface area (Å²) in [6, 6.07) is 20.1. The molecule has 0 aliphatic rings. The van der Waals surface area contributed by atoms with Crippen molar-refractivity contribution in [1.82, 2.24) is 5.32 Å². The van der Waals surface area contributed by atoms with Gasteiger partial charge in [0, 0.05) is 24.0 Å². The van der Waals surface area contributed by atoms with Crippen LogP contribution in [0.1, 0.15) is 21.7 Å². The molecule has 4 aromatic rings. The summed E-state index contributed by atoms with van der Waals surface area (Å²) in [4.78, 5) is 24.9. The second-order valence-electron chi connectivity index (χ2n) is 7.48. The molecule has 0 fully saturated rings. The number of amides is 3. The maximum atomic E-state index is 13.8. The van der Waals surface area contributed by atoms with Gasteiger partial charge in [-0.25, -0.2) is 13.5 Å². The molecule has 0 spiro atoms. The van der Waals surface area contributed by atoms with Crippen LogP contribution < -0.4 is 14.9 Å². The van der Waals surface area contributed by atoms with Crippen LogP contribution in [0.2, 0.25) is 0 Å². The number of nitrogens with one attached hydrogen (secondary N) is 2. The van der Waals surface area contributed by atoms with Gasteiger partial charge in [0.1, 0.15) is 17.2 Å². The van der Waals surface area contributed by atoms with Gasteiger partial charge in [0.25, 0.3) is 5.91 Å². The molecule has 0 aliphatic heterocycles. The van der Waals surface area contributed by atoms with E-state index in [0.717, 1.165) is 16.7 Å². The van der Waals surface area contributed by atoms with Crippen LogP contribution in [0, 0.1) is 12.7 Å². The summed E-state index contributed by atoms with van der Waals surface area (Å²) in [5.74, 6) is -0.354. The Balaban J connectivity index is 1.35. The topological polar surface area (TPSA) is 74.6 Å².